The van der Waals surface area contributed by atoms with Crippen LogP contribution < -0.4 is 16.2 Å². The zero-order valence-corrected chi connectivity index (χ0v) is 12.7. The molecule has 0 saturated heterocycles. The Balaban J connectivity index is 1.72. The summed E-state index contributed by atoms with van der Waals surface area (Å²) in [7, 11) is 0. The highest BCUT2D eigenvalue weighted by Crippen LogP contribution is 2.09. The number of aromatic nitrogens is 2. The van der Waals surface area contributed by atoms with E-state index < -0.39 is 11.7 Å². The number of H-pyrrole nitrogens is 1. The number of carbonyl (C=O) groups excluding carboxylic acids is 2. The lowest BCUT2D eigenvalue weighted by molar-refractivity contribution is -0.122. The molecule has 7 nitrogen and oxygen atoms in total. The molecular formula is C14H13FN4O3S. The van der Waals surface area contributed by atoms with Crippen molar-refractivity contribution < 1.29 is 14.0 Å². The van der Waals surface area contributed by atoms with Gasteiger partial charge in [-0.2, -0.15) is 0 Å². The molecule has 0 saturated carbocycles. The van der Waals surface area contributed by atoms with E-state index >= 15 is 0 Å². The molecule has 3 N–H and O–H groups in total. The van der Waals surface area contributed by atoms with E-state index in [1.807, 2.05) is 0 Å². The molecule has 1 heterocycles. The summed E-state index contributed by atoms with van der Waals surface area (Å²) in [5.74, 6) is -1.20. The van der Waals surface area contributed by atoms with Gasteiger partial charge in [0.1, 0.15) is 5.82 Å². The summed E-state index contributed by atoms with van der Waals surface area (Å²) < 4.78 is 12.7. The van der Waals surface area contributed by atoms with Gasteiger partial charge in [-0.3, -0.25) is 14.4 Å². The standard InChI is InChI=1S/C14H13FN4O3S/c15-9-1-3-10(4-2-9)18-12(21)7-17-13(22)8-23-14-16-6-5-11(20)19-14/h1-6H,7-8H2,(H,17,22)(H,18,21)(H,16,19,20). The minimum atomic E-state index is -0.429. The highest BCUT2D eigenvalue weighted by molar-refractivity contribution is 7.99. The molecule has 23 heavy (non-hydrogen) atoms. The van der Waals surface area contributed by atoms with Crippen molar-refractivity contribution in [2.75, 3.05) is 17.6 Å². The van der Waals surface area contributed by atoms with E-state index in [0.717, 1.165) is 11.8 Å². The van der Waals surface area contributed by atoms with Gasteiger partial charge in [0, 0.05) is 18.0 Å². The van der Waals surface area contributed by atoms with Gasteiger partial charge in [-0.05, 0) is 24.3 Å². The first-order chi connectivity index (χ1) is 11.0. The van der Waals surface area contributed by atoms with Crippen molar-refractivity contribution >= 4 is 29.3 Å². The maximum Gasteiger partial charge on any atom is 0.251 e. The zero-order chi connectivity index (χ0) is 16.7. The third kappa shape index (κ3) is 5.91. The Labute approximate surface area is 134 Å². The highest BCUT2D eigenvalue weighted by atomic mass is 32.2. The van der Waals surface area contributed by atoms with Gasteiger partial charge in [0.15, 0.2) is 5.16 Å². The number of halogens is 1. The van der Waals surface area contributed by atoms with E-state index in [1.165, 1.54) is 36.5 Å². The maximum absolute atomic E-state index is 12.7. The van der Waals surface area contributed by atoms with Crippen molar-refractivity contribution in [1.82, 2.24) is 15.3 Å². The lowest BCUT2D eigenvalue weighted by Crippen LogP contribution is -2.33. The Morgan fingerprint density at radius 3 is 2.61 bits per heavy atom. The smallest absolute Gasteiger partial charge is 0.251 e. The molecule has 0 unspecified atom stereocenters. The average molecular weight is 336 g/mol. The van der Waals surface area contributed by atoms with Gasteiger partial charge < -0.3 is 15.6 Å². The van der Waals surface area contributed by atoms with Crippen LogP contribution in [0.25, 0.3) is 0 Å². The highest BCUT2D eigenvalue weighted by Gasteiger charge is 2.07. The van der Waals surface area contributed by atoms with E-state index in [0.29, 0.717) is 10.8 Å². The van der Waals surface area contributed by atoms with Crippen molar-refractivity contribution in [3.05, 3.63) is 52.7 Å². The third-order valence-corrected chi connectivity index (χ3v) is 3.45. The number of hydrogen-bond acceptors (Lipinski definition) is 5. The molecule has 0 aliphatic carbocycles. The van der Waals surface area contributed by atoms with Crippen LogP contribution in [0.1, 0.15) is 0 Å². The monoisotopic (exact) mass is 336 g/mol. The van der Waals surface area contributed by atoms with Crippen LogP contribution in [0.2, 0.25) is 0 Å². The second-order valence-corrected chi connectivity index (χ2v) is 5.32. The minimum absolute atomic E-state index is 0.0107. The number of amides is 2. The fourth-order valence-electron chi connectivity index (χ4n) is 1.53. The quantitative estimate of drug-likeness (QED) is 0.534. The first-order valence-corrected chi connectivity index (χ1v) is 7.52. The zero-order valence-electron chi connectivity index (χ0n) is 11.8. The van der Waals surface area contributed by atoms with Crippen molar-refractivity contribution in [2.24, 2.45) is 0 Å². The molecule has 1 aromatic heterocycles. The summed E-state index contributed by atoms with van der Waals surface area (Å²) in [4.78, 5) is 40.7. The molecule has 0 atom stereocenters. The summed E-state index contributed by atoms with van der Waals surface area (Å²) in [5, 5.41) is 5.27. The van der Waals surface area contributed by atoms with Crippen molar-refractivity contribution in [3.63, 3.8) is 0 Å². The summed E-state index contributed by atoms with van der Waals surface area (Å²) in [5.41, 5.74) is 0.132. The molecule has 2 rings (SSSR count). The predicted molar refractivity (Wildman–Crippen MR) is 83.6 cm³/mol. The lowest BCUT2D eigenvalue weighted by Gasteiger charge is -2.06. The van der Waals surface area contributed by atoms with Gasteiger partial charge in [0.2, 0.25) is 11.8 Å². The number of rotatable bonds is 6. The summed E-state index contributed by atoms with van der Waals surface area (Å²) in [6.45, 7) is -0.213. The number of thioether (sulfide) groups is 1. The molecule has 0 aliphatic heterocycles. The van der Waals surface area contributed by atoms with Crippen LogP contribution in [0.15, 0.2) is 46.5 Å². The number of aromatic amines is 1. The minimum Gasteiger partial charge on any atom is -0.346 e. The second-order valence-electron chi connectivity index (χ2n) is 4.36. The molecule has 1 aromatic carbocycles. The third-order valence-electron chi connectivity index (χ3n) is 2.56. The molecule has 0 spiro atoms. The van der Waals surface area contributed by atoms with Gasteiger partial charge in [-0.25, -0.2) is 9.37 Å². The Morgan fingerprint density at radius 2 is 1.91 bits per heavy atom. The fraction of sp³-hybridized carbons (Fsp3) is 0.143. The van der Waals surface area contributed by atoms with E-state index in [9.17, 15) is 18.8 Å². The van der Waals surface area contributed by atoms with Gasteiger partial charge in [0.25, 0.3) is 5.56 Å². The Morgan fingerprint density at radius 1 is 1.17 bits per heavy atom. The maximum atomic E-state index is 12.7. The van der Waals surface area contributed by atoms with Gasteiger partial charge in [0.05, 0.1) is 12.3 Å². The number of anilines is 1. The summed E-state index contributed by atoms with van der Waals surface area (Å²) in [6.07, 6.45) is 1.34. The van der Waals surface area contributed by atoms with Crippen LogP contribution >= 0.6 is 11.8 Å². The fourth-order valence-corrected chi connectivity index (χ4v) is 2.21. The second kappa shape index (κ2) is 8.08. The van der Waals surface area contributed by atoms with E-state index in [2.05, 4.69) is 20.6 Å². The molecule has 0 radical (unpaired) electrons. The Bertz CT molecular complexity index is 748. The van der Waals surface area contributed by atoms with Crippen LogP contribution in [0.3, 0.4) is 0 Å². The SMILES string of the molecule is O=C(CSc1nccc(=O)[nH]1)NCC(=O)Nc1ccc(F)cc1. The van der Waals surface area contributed by atoms with Crippen molar-refractivity contribution in [1.29, 1.82) is 0 Å². The Hall–Kier alpha value is -2.68. The van der Waals surface area contributed by atoms with Gasteiger partial charge in [-0.15, -0.1) is 0 Å². The van der Waals surface area contributed by atoms with Crippen LogP contribution in [0, 0.1) is 5.82 Å². The first-order valence-electron chi connectivity index (χ1n) is 6.53. The predicted octanol–water partition coefficient (Wildman–Crippen LogP) is 0.756. The summed E-state index contributed by atoms with van der Waals surface area (Å²) >= 11 is 1.05. The van der Waals surface area contributed by atoms with E-state index in [1.54, 1.807) is 0 Å². The topological polar surface area (TPSA) is 104 Å². The van der Waals surface area contributed by atoms with Gasteiger partial charge >= 0.3 is 0 Å². The number of hydrogen-bond donors (Lipinski definition) is 3. The molecule has 0 aliphatic rings. The van der Waals surface area contributed by atoms with Gasteiger partial charge in [-0.1, -0.05) is 11.8 Å². The number of nitrogens with one attached hydrogen (secondary N) is 3. The first kappa shape index (κ1) is 16.7. The largest absolute Gasteiger partial charge is 0.346 e. The lowest BCUT2D eigenvalue weighted by atomic mass is 10.3. The van der Waals surface area contributed by atoms with E-state index in [4.69, 9.17) is 0 Å². The summed E-state index contributed by atoms with van der Waals surface area (Å²) in [6, 6.07) is 6.55. The van der Waals surface area contributed by atoms with Crippen LogP contribution in [0.5, 0.6) is 0 Å². The molecule has 120 valence electrons. The number of benzene rings is 1. The molecule has 9 heteroatoms. The molecular weight excluding hydrogens is 323 g/mol. The molecule has 0 bridgehead atoms. The molecule has 0 fully saturated rings. The molecule has 2 aromatic rings. The van der Waals surface area contributed by atoms with E-state index in [-0.39, 0.29) is 23.8 Å². The van der Waals surface area contributed by atoms with Crippen molar-refractivity contribution in [2.45, 2.75) is 5.16 Å². The van der Waals surface area contributed by atoms with Crippen molar-refractivity contribution in [3.8, 4) is 0 Å². The number of nitrogens with zero attached hydrogens (tertiary/aromatic N) is 1. The molecule has 2 amide bonds. The Kier molecular flexibility index (Phi) is 5.87. The van der Waals surface area contributed by atoms with Crippen LogP contribution in [-0.2, 0) is 9.59 Å². The van der Waals surface area contributed by atoms with Crippen LogP contribution in [0.4, 0.5) is 10.1 Å². The number of carbonyl (C=O) groups is 2. The average Bonchev–Trinajstić information content (AvgIpc) is 2.53. The van der Waals surface area contributed by atoms with Crippen LogP contribution in [-0.4, -0.2) is 34.1 Å². The normalized spacial score (nSPS) is 10.1.